The van der Waals surface area contributed by atoms with Gasteiger partial charge >= 0.3 is 0 Å². The number of rotatable bonds is 0. The van der Waals surface area contributed by atoms with Crippen molar-refractivity contribution in [3.63, 3.8) is 0 Å². The molecule has 1 N–H and O–H groups in total. The first-order valence-corrected chi connectivity index (χ1v) is 10.2. The fourth-order valence-corrected chi connectivity index (χ4v) is 7.75. The average Bonchev–Trinajstić information content (AvgIpc) is 2.84. The highest BCUT2D eigenvalue weighted by Gasteiger charge is 2.59. The molecule has 1 nitrogen and oxygen atoms in total. The third kappa shape index (κ3) is 2.21. The molecule has 0 aliphatic heterocycles. The Balaban J connectivity index is 1.63. The minimum absolute atomic E-state index is 0.397. The molecular formula is C22H36O. The summed E-state index contributed by atoms with van der Waals surface area (Å²) in [5.74, 6) is 3.58. The Morgan fingerprint density at radius 3 is 2.48 bits per heavy atom. The minimum atomic E-state index is -0.397. The van der Waals surface area contributed by atoms with Gasteiger partial charge in [0.25, 0.3) is 0 Å². The largest absolute Gasteiger partial charge is 0.390 e. The lowest BCUT2D eigenvalue weighted by Gasteiger charge is -2.61. The van der Waals surface area contributed by atoms with Crippen LogP contribution in [0.2, 0.25) is 0 Å². The molecule has 4 rings (SSSR count). The Morgan fingerprint density at radius 2 is 1.74 bits per heavy atom. The SMILES string of the molecule is C/C=C1/CC[C@H]2[C@@H]3CC[C@H]4C[C@](C)(O)CC[C@]4(C)[C@H]3CC[C@]12C. The van der Waals surface area contributed by atoms with E-state index in [4.69, 9.17) is 0 Å². The van der Waals surface area contributed by atoms with Gasteiger partial charge in [-0.05, 0) is 106 Å². The molecule has 0 bridgehead atoms. The number of aliphatic hydroxyl groups is 1. The van der Waals surface area contributed by atoms with Crippen LogP contribution in [0.25, 0.3) is 0 Å². The summed E-state index contributed by atoms with van der Waals surface area (Å²) >= 11 is 0. The molecule has 130 valence electrons. The molecule has 0 aromatic rings. The topological polar surface area (TPSA) is 20.2 Å². The van der Waals surface area contributed by atoms with Gasteiger partial charge in [0, 0.05) is 0 Å². The predicted molar refractivity (Wildman–Crippen MR) is 96.1 cm³/mol. The zero-order valence-corrected chi connectivity index (χ0v) is 15.7. The van der Waals surface area contributed by atoms with Gasteiger partial charge in [0.2, 0.25) is 0 Å². The molecule has 0 unspecified atom stereocenters. The molecule has 1 heteroatoms. The third-order valence-electron chi connectivity index (χ3n) is 9.15. The van der Waals surface area contributed by atoms with Gasteiger partial charge in [0.1, 0.15) is 0 Å². The average molecular weight is 317 g/mol. The summed E-state index contributed by atoms with van der Waals surface area (Å²) in [6, 6.07) is 0. The quantitative estimate of drug-likeness (QED) is 0.566. The van der Waals surface area contributed by atoms with E-state index in [1.807, 2.05) is 0 Å². The number of hydrogen-bond donors (Lipinski definition) is 1. The molecule has 0 aromatic carbocycles. The second kappa shape index (κ2) is 5.10. The Bertz CT molecular complexity index is 518. The first-order chi connectivity index (χ1) is 10.8. The minimum Gasteiger partial charge on any atom is -0.390 e. The van der Waals surface area contributed by atoms with Crippen molar-refractivity contribution >= 4 is 0 Å². The molecule has 0 heterocycles. The second-order valence-electron chi connectivity index (χ2n) is 10.2. The van der Waals surface area contributed by atoms with Gasteiger partial charge in [-0.2, -0.15) is 0 Å². The highest BCUT2D eigenvalue weighted by molar-refractivity contribution is 5.23. The molecule has 0 radical (unpaired) electrons. The number of hydrogen-bond acceptors (Lipinski definition) is 1. The van der Waals surface area contributed by atoms with Crippen LogP contribution in [0.1, 0.15) is 85.5 Å². The summed E-state index contributed by atoms with van der Waals surface area (Å²) in [6.45, 7) is 9.51. The maximum atomic E-state index is 10.6. The Morgan fingerprint density at radius 1 is 0.957 bits per heavy atom. The summed E-state index contributed by atoms with van der Waals surface area (Å²) in [5, 5.41) is 10.6. The molecule has 4 aliphatic carbocycles. The first kappa shape index (κ1) is 16.2. The van der Waals surface area contributed by atoms with Crippen molar-refractivity contribution in [2.75, 3.05) is 0 Å². The van der Waals surface area contributed by atoms with Gasteiger partial charge in [-0.3, -0.25) is 0 Å². The summed E-state index contributed by atoms with van der Waals surface area (Å²) < 4.78 is 0. The summed E-state index contributed by atoms with van der Waals surface area (Å²) in [6.07, 6.45) is 14.2. The van der Waals surface area contributed by atoms with Crippen LogP contribution in [-0.2, 0) is 0 Å². The fraction of sp³-hybridized carbons (Fsp3) is 0.909. The lowest BCUT2D eigenvalue weighted by atomic mass is 9.44. The van der Waals surface area contributed by atoms with Crippen LogP contribution >= 0.6 is 0 Å². The zero-order valence-electron chi connectivity index (χ0n) is 15.7. The van der Waals surface area contributed by atoms with Gasteiger partial charge in [-0.25, -0.2) is 0 Å². The number of allylic oxidation sites excluding steroid dienone is 2. The molecule has 4 fully saturated rings. The van der Waals surface area contributed by atoms with Crippen LogP contribution < -0.4 is 0 Å². The van der Waals surface area contributed by atoms with Crippen molar-refractivity contribution in [1.82, 2.24) is 0 Å². The van der Waals surface area contributed by atoms with Crippen molar-refractivity contribution in [3.05, 3.63) is 11.6 Å². The van der Waals surface area contributed by atoms with Gasteiger partial charge in [0.05, 0.1) is 5.60 Å². The van der Waals surface area contributed by atoms with Crippen molar-refractivity contribution in [3.8, 4) is 0 Å². The zero-order chi connectivity index (χ0) is 16.5. The highest BCUT2D eigenvalue weighted by atomic mass is 16.3. The van der Waals surface area contributed by atoms with Crippen LogP contribution in [-0.4, -0.2) is 10.7 Å². The van der Waals surface area contributed by atoms with E-state index >= 15 is 0 Å². The van der Waals surface area contributed by atoms with Crippen LogP contribution in [0, 0.1) is 34.5 Å². The summed E-state index contributed by atoms with van der Waals surface area (Å²) in [5.41, 5.74) is 2.38. The van der Waals surface area contributed by atoms with E-state index in [2.05, 4.69) is 33.8 Å². The third-order valence-corrected chi connectivity index (χ3v) is 9.15. The Hall–Kier alpha value is -0.300. The molecule has 0 spiro atoms. The van der Waals surface area contributed by atoms with Crippen molar-refractivity contribution in [1.29, 1.82) is 0 Å². The Kier molecular flexibility index (Phi) is 3.59. The van der Waals surface area contributed by atoms with E-state index in [-0.39, 0.29) is 0 Å². The maximum absolute atomic E-state index is 10.6. The van der Waals surface area contributed by atoms with Crippen LogP contribution in [0.3, 0.4) is 0 Å². The first-order valence-electron chi connectivity index (χ1n) is 10.2. The molecule has 7 atom stereocenters. The summed E-state index contributed by atoms with van der Waals surface area (Å²) in [7, 11) is 0. The highest BCUT2D eigenvalue weighted by Crippen LogP contribution is 2.67. The number of fused-ring (bicyclic) bond motifs is 5. The molecule has 4 saturated carbocycles. The van der Waals surface area contributed by atoms with Crippen LogP contribution in [0.4, 0.5) is 0 Å². The molecule has 0 aromatic heterocycles. The van der Waals surface area contributed by atoms with Crippen molar-refractivity contribution < 1.29 is 5.11 Å². The Labute approximate surface area is 142 Å². The van der Waals surface area contributed by atoms with E-state index in [0.29, 0.717) is 10.8 Å². The fourth-order valence-electron chi connectivity index (χ4n) is 7.75. The molecular weight excluding hydrogens is 280 g/mol. The van der Waals surface area contributed by atoms with E-state index in [1.165, 1.54) is 44.9 Å². The van der Waals surface area contributed by atoms with Crippen molar-refractivity contribution in [2.45, 2.75) is 91.1 Å². The molecule has 4 aliphatic rings. The van der Waals surface area contributed by atoms with Gasteiger partial charge in [-0.15, -0.1) is 0 Å². The standard InChI is InChI=1S/C22H36O/c1-5-15-7-9-18-17-8-6-16-14-20(2,23)12-13-22(16,4)19(17)10-11-21(15,18)3/h5,16-19,23H,6-14H2,1-4H3/b15-5-/t16-,17-,18-,19-,20+,21+,22-/m0/s1. The molecule has 0 saturated heterocycles. The normalized spacial score (nSPS) is 57.7. The van der Waals surface area contributed by atoms with Gasteiger partial charge < -0.3 is 5.11 Å². The smallest absolute Gasteiger partial charge is 0.0622 e. The van der Waals surface area contributed by atoms with Crippen LogP contribution in [0.5, 0.6) is 0 Å². The molecule has 23 heavy (non-hydrogen) atoms. The second-order valence-corrected chi connectivity index (χ2v) is 10.2. The monoisotopic (exact) mass is 316 g/mol. The lowest BCUT2D eigenvalue weighted by molar-refractivity contribution is -0.139. The van der Waals surface area contributed by atoms with Gasteiger partial charge in [0.15, 0.2) is 0 Å². The summed E-state index contributed by atoms with van der Waals surface area (Å²) in [4.78, 5) is 0. The van der Waals surface area contributed by atoms with Crippen LogP contribution in [0.15, 0.2) is 11.6 Å². The van der Waals surface area contributed by atoms with E-state index in [9.17, 15) is 5.11 Å². The van der Waals surface area contributed by atoms with E-state index < -0.39 is 5.60 Å². The maximum Gasteiger partial charge on any atom is 0.0622 e. The van der Waals surface area contributed by atoms with Gasteiger partial charge in [-0.1, -0.05) is 25.5 Å². The molecule has 0 amide bonds. The lowest BCUT2D eigenvalue weighted by Crippen LogP contribution is -2.55. The van der Waals surface area contributed by atoms with E-state index in [1.54, 1.807) is 5.57 Å². The van der Waals surface area contributed by atoms with Crippen molar-refractivity contribution in [2.24, 2.45) is 34.5 Å². The predicted octanol–water partition coefficient (Wildman–Crippen LogP) is 5.73. The van der Waals surface area contributed by atoms with E-state index in [0.717, 1.165) is 36.5 Å².